The first-order valence-corrected chi connectivity index (χ1v) is 6.14. The van der Waals surface area contributed by atoms with Crippen LogP contribution in [0.3, 0.4) is 0 Å². The number of hydrogen-bond donors (Lipinski definition) is 1. The second-order valence-corrected chi connectivity index (χ2v) is 4.72. The van der Waals surface area contributed by atoms with Gasteiger partial charge in [0, 0.05) is 6.04 Å². The van der Waals surface area contributed by atoms with Crippen LogP contribution in [0, 0.1) is 12.7 Å². The fourth-order valence-electron chi connectivity index (χ4n) is 1.70. The summed E-state index contributed by atoms with van der Waals surface area (Å²) in [5.74, 6) is -0.196. The van der Waals surface area contributed by atoms with E-state index in [4.69, 9.17) is 5.73 Å². The maximum atomic E-state index is 13.1. The molecule has 3 heteroatoms. The first kappa shape index (κ1) is 11.3. The van der Waals surface area contributed by atoms with Crippen LogP contribution in [0.1, 0.15) is 22.7 Å². The van der Waals surface area contributed by atoms with E-state index >= 15 is 0 Å². The minimum atomic E-state index is -0.196. The molecule has 1 nitrogen and oxygen atoms in total. The van der Waals surface area contributed by atoms with E-state index in [1.165, 1.54) is 6.07 Å². The SMILES string of the molecule is Cc1ccc(F)cc1CC(N)c1ccsc1. The van der Waals surface area contributed by atoms with E-state index < -0.39 is 0 Å². The summed E-state index contributed by atoms with van der Waals surface area (Å²) in [6.07, 6.45) is 0.681. The second kappa shape index (κ2) is 4.76. The van der Waals surface area contributed by atoms with Crippen molar-refractivity contribution in [3.63, 3.8) is 0 Å². The minimum Gasteiger partial charge on any atom is -0.324 e. The van der Waals surface area contributed by atoms with Gasteiger partial charge in [0.05, 0.1) is 0 Å². The predicted octanol–water partition coefficient (Wildman–Crippen LogP) is 3.44. The van der Waals surface area contributed by atoms with Crippen LogP contribution in [0.4, 0.5) is 4.39 Å². The number of benzene rings is 1. The second-order valence-electron chi connectivity index (χ2n) is 3.94. The van der Waals surface area contributed by atoms with Crippen molar-refractivity contribution in [1.29, 1.82) is 0 Å². The van der Waals surface area contributed by atoms with Crippen molar-refractivity contribution in [3.05, 3.63) is 57.5 Å². The zero-order chi connectivity index (χ0) is 11.5. The van der Waals surface area contributed by atoms with E-state index in [9.17, 15) is 4.39 Å². The molecule has 0 radical (unpaired) electrons. The van der Waals surface area contributed by atoms with Crippen LogP contribution in [0.5, 0.6) is 0 Å². The summed E-state index contributed by atoms with van der Waals surface area (Å²) in [4.78, 5) is 0. The average molecular weight is 235 g/mol. The van der Waals surface area contributed by atoms with E-state index in [-0.39, 0.29) is 11.9 Å². The molecule has 0 saturated carbocycles. The van der Waals surface area contributed by atoms with Crippen LogP contribution in [-0.2, 0) is 6.42 Å². The highest BCUT2D eigenvalue weighted by Crippen LogP contribution is 2.21. The van der Waals surface area contributed by atoms with Gasteiger partial charge in [0.25, 0.3) is 0 Å². The van der Waals surface area contributed by atoms with Crippen LogP contribution in [0.2, 0.25) is 0 Å². The zero-order valence-corrected chi connectivity index (χ0v) is 9.93. The number of halogens is 1. The largest absolute Gasteiger partial charge is 0.324 e. The third-order valence-electron chi connectivity index (χ3n) is 2.72. The predicted molar refractivity (Wildman–Crippen MR) is 66.1 cm³/mol. The molecular formula is C13H14FNS. The standard InChI is InChI=1S/C13H14FNS/c1-9-2-3-12(14)6-11(9)7-13(15)10-4-5-16-8-10/h2-6,8,13H,7,15H2,1H3. The maximum Gasteiger partial charge on any atom is 0.123 e. The molecule has 2 rings (SSSR count). The Balaban J connectivity index is 2.17. The van der Waals surface area contributed by atoms with Gasteiger partial charge in [-0.2, -0.15) is 11.3 Å². The number of aryl methyl sites for hydroxylation is 1. The Bertz CT molecular complexity index is 465. The van der Waals surface area contributed by atoms with Crippen molar-refractivity contribution in [3.8, 4) is 0 Å². The van der Waals surface area contributed by atoms with Crippen LogP contribution in [-0.4, -0.2) is 0 Å². The summed E-state index contributed by atoms with van der Waals surface area (Å²) in [5.41, 5.74) is 9.27. The highest BCUT2D eigenvalue weighted by molar-refractivity contribution is 7.07. The Hall–Kier alpha value is -1.19. The third-order valence-corrected chi connectivity index (χ3v) is 3.42. The Labute approximate surface area is 98.7 Å². The van der Waals surface area contributed by atoms with Crippen molar-refractivity contribution in [1.82, 2.24) is 0 Å². The zero-order valence-electron chi connectivity index (χ0n) is 9.11. The van der Waals surface area contributed by atoms with Crippen LogP contribution >= 0.6 is 11.3 Å². The van der Waals surface area contributed by atoms with Crippen molar-refractivity contribution in [2.24, 2.45) is 5.73 Å². The van der Waals surface area contributed by atoms with Crippen LogP contribution in [0.15, 0.2) is 35.0 Å². The monoisotopic (exact) mass is 235 g/mol. The Morgan fingerprint density at radius 2 is 2.19 bits per heavy atom. The summed E-state index contributed by atoms with van der Waals surface area (Å²) in [7, 11) is 0. The van der Waals surface area contributed by atoms with Crippen molar-refractivity contribution >= 4 is 11.3 Å². The lowest BCUT2D eigenvalue weighted by atomic mass is 9.98. The Morgan fingerprint density at radius 3 is 2.88 bits per heavy atom. The first-order chi connectivity index (χ1) is 7.66. The molecule has 16 heavy (non-hydrogen) atoms. The third kappa shape index (κ3) is 2.49. The summed E-state index contributed by atoms with van der Waals surface area (Å²) >= 11 is 1.63. The molecule has 0 spiro atoms. The summed E-state index contributed by atoms with van der Waals surface area (Å²) in [5, 5.41) is 4.05. The number of rotatable bonds is 3. The number of thiophene rings is 1. The summed E-state index contributed by atoms with van der Waals surface area (Å²) < 4.78 is 13.1. The highest BCUT2D eigenvalue weighted by atomic mass is 32.1. The van der Waals surface area contributed by atoms with Gasteiger partial charge in [-0.15, -0.1) is 0 Å². The first-order valence-electron chi connectivity index (χ1n) is 5.19. The molecule has 1 aromatic carbocycles. The van der Waals surface area contributed by atoms with E-state index in [2.05, 4.69) is 0 Å². The van der Waals surface area contributed by atoms with Gasteiger partial charge < -0.3 is 5.73 Å². The molecule has 2 aromatic rings. The molecule has 0 fully saturated rings. The molecule has 0 bridgehead atoms. The quantitative estimate of drug-likeness (QED) is 0.866. The molecule has 1 heterocycles. The van der Waals surface area contributed by atoms with Crippen LogP contribution in [0.25, 0.3) is 0 Å². The van der Waals surface area contributed by atoms with E-state index in [0.29, 0.717) is 6.42 Å². The number of hydrogen-bond acceptors (Lipinski definition) is 2. The summed E-state index contributed by atoms with van der Waals surface area (Å²) in [6, 6.07) is 6.82. The van der Waals surface area contributed by atoms with Gasteiger partial charge in [0.2, 0.25) is 0 Å². The number of nitrogens with two attached hydrogens (primary N) is 1. The lowest BCUT2D eigenvalue weighted by Crippen LogP contribution is -2.13. The Morgan fingerprint density at radius 1 is 1.38 bits per heavy atom. The molecule has 1 unspecified atom stereocenters. The summed E-state index contributed by atoms with van der Waals surface area (Å²) in [6.45, 7) is 1.98. The average Bonchev–Trinajstić information content (AvgIpc) is 2.76. The van der Waals surface area contributed by atoms with Gasteiger partial charge in [0.15, 0.2) is 0 Å². The molecule has 2 N–H and O–H groups in total. The van der Waals surface area contributed by atoms with Gasteiger partial charge in [-0.1, -0.05) is 6.07 Å². The molecule has 0 aliphatic carbocycles. The van der Waals surface area contributed by atoms with Crippen LogP contribution < -0.4 is 5.73 Å². The molecule has 0 saturated heterocycles. The molecular weight excluding hydrogens is 221 g/mol. The maximum absolute atomic E-state index is 13.1. The smallest absolute Gasteiger partial charge is 0.123 e. The fourth-order valence-corrected chi connectivity index (χ4v) is 2.43. The van der Waals surface area contributed by atoms with Crippen molar-refractivity contribution in [2.45, 2.75) is 19.4 Å². The lowest BCUT2D eigenvalue weighted by molar-refractivity contribution is 0.621. The van der Waals surface area contributed by atoms with Gasteiger partial charge >= 0.3 is 0 Å². The van der Waals surface area contributed by atoms with E-state index in [0.717, 1.165) is 16.7 Å². The van der Waals surface area contributed by atoms with Gasteiger partial charge in [-0.25, -0.2) is 4.39 Å². The topological polar surface area (TPSA) is 26.0 Å². The molecule has 0 amide bonds. The normalized spacial score (nSPS) is 12.7. The molecule has 1 aromatic heterocycles. The van der Waals surface area contributed by atoms with Gasteiger partial charge in [0.1, 0.15) is 5.82 Å². The van der Waals surface area contributed by atoms with E-state index in [1.807, 2.05) is 23.8 Å². The van der Waals surface area contributed by atoms with E-state index in [1.54, 1.807) is 23.5 Å². The fraction of sp³-hybridized carbons (Fsp3) is 0.231. The van der Waals surface area contributed by atoms with Gasteiger partial charge in [-0.05, 0) is 59.0 Å². The molecule has 0 aliphatic heterocycles. The minimum absolute atomic E-state index is 0.0493. The lowest BCUT2D eigenvalue weighted by Gasteiger charge is -2.12. The Kier molecular flexibility index (Phi) is 3.36. The van der Waals surface area contributed by atoms with Crippen molar-refractivity contribution < 1.29 is 4.39 Å². The van der Waals surface area contributed by atoms with Gasteiger partial charge in [-0.3, -0.25) is 0 Å². The molecule has 1 atom stereocenters. The molecule has 0 aliphatic rings. The molecule has 84 valence electrons. The van der Waals surface area contributed by atoms with Crippen molar-refractivity contribution in [2.75, 3.05) is 0 Å². The highest BCUT2D eigenvalue weighted by Gasteiger charge is 2.09.